The van der Waals surface area contributed by atoms with Crippen LogP contribution in [0.25, 0.3) is 0 Å². The SMILES string of the molecule is CC(=O)N[C@H]1C(O)O[C@H](C2CCC(CC3CCC3)CC2)[C@H](O)[C@@H]1O. The summed E-state index contributed by atoms with van der Waals surface area (Å²) in [7, 11) is 0. The van der Waals surface area contributed by atoms with Gasteiger partial charge in [0.1, 0.15) is 18.2 Å². The van der Waals surface area contributed by atoms with E-state index in [0.717, 1.165) is 37.5 Å². The normalized spacial score (nSPS) is 43.9. The van der Waals surface area contributed by atoms with Gasteiger partial charge in [0.15, 0.2) is 6.29 Å². The molecule has 0 spiro atoms. The fraction of sp³-hybridized carbons (Fsp3) is 0.944. The Balaban J connectivity index is 1.52. The molecule has 1 unspecified atom stereocenters. The van der Waals surface area contributed by atoms with Crippen molar-refractivity contribution in [3.8, 4) is 0 Å². The molecular formula is C18H31NO5. The molecule has 0 aromatic carbocycles. The first kappa shape index (κ1) is 18.1. The Morgan fingerprint density at radius 1 is 1.00 bits per heavy atom. The average molecular weight is 341 g/mol. The Kier molecular flexibility index (Phi) is 5.80. The van der Waals surface area contributed by atoms with Gasteiger partial charge in [0.25, 0.3) is 0 Å². The highest BCUT2D eigenvalue weighted by atomic mass is 16.6. The molecule has 0 bridgehead atoms. The minimum atomic E-state index is -1.29. The van der Waals surface area contributed by atoms with Crippen LogP contribution in [0.3, 0.4) is 0 Å². The van der Waals surface area contributed by atoms with Crippen molar-refractivity contribution in [3.05, 3.63) is 0 Å². The van der Waals surface area contributed by atoms with E-state index in [1.807, 2.05) is 0 Å². The number of ether oxygens (including phenoxy) is 1. The first-order valence-corrected chi connectivity index (χ1v) is 9.42. The van der Waals surface area contributed by atoms with Crippen LogP contribution in [0.5, 0.6) is 0 Å². The van der Waals surface area contributed by atoms with E-state index in [4.69, 9.17) is 4.74 Å². The number of carbonyl (C=O) groups excluding carboxylic acids is 1. The fourth-order valence-corrected chi connectivity index (χ4v) is 4.64. The molecule has 1 amide bonds. The predicted molar refractivity (Wildman–Crippen MR) is 87.9 cm³/mol. The van der Waals surface area contributed by atoms with Crippen LogP contribution in [0, 0.1) is 17.8 Å². The van der Waals surface area contributed by atoms with E-state index < -0.39 is 30.6 Å². The van der Waals surface area contributed by atoms with Crippen molar-refractivity contribution < 1.29 is 24.9 Å². The zero-order valence-electron chi connectivity index (χ0n) is 14.4. The van der Waals surface area contributed by atoms with Crippen molar-refractivity contribution in [2.75, 3.05) is 0 Å². The Bertz CT molecular complexity index is 433. The standard InChI is InChI=1S/C18H31NO5/c1-10(20)19-14-15(21)16(22)17(24-18(14)23)13-7-5-12(6-8-13)9-11-3-2-4-11/h11-18,21-23H,2-9H2,1H3,(H,19,20)/t12?,13?,14-,15-,16-,17-,18?/m1/s1. The maximum atomic E-state index is 11.2. The van der Waals surface area contributed by atoms with E-state index in [9.17, 15) is 20.1 Å². The van der Waals surface area contributed by atoms with Gasteiger partial charge < -0.3 is 25.4 Å². The second-order valence-corrected chi connectivity index (χ2v) is 8.01. The number of amides is 1. The van der Waals surface area contributed by atoms with E-state index in [-0.39, 0.29) is 11.8 Å². The van der Waals surface area contributed by atoms with Gasteiger partial charge in [0.05, 0.1) is 6.10 Å². The van der Waals surface area contributed by atoms with Gasteiger partial charge in [-0.2, -0.15) is 0 Å². The summed E-state index contributed by atoms with van der Waals surface area (Å²) < 4.78 is 5.60. The van der Waals surface area contributed by atoms with Crippen molar-refractivity contribution in [1.82, 2.24) is 5.32 Å². The van der Waals surface area contributed by atoms with Gasteiger partial charge in [-0.3, -0.25) is 4.79 Å². The molecule has 5 atom stereocenters. The van der Waals surface area contributed by atoms with Crippen molar-refractivity contribution in [2.45, 2.75) is 88.9 Å². The van der Waals surface area contributed by atoms with E-state index >= 15 is 0 Å². The van der Waals surface area contributed by atoms with Crippen LogP contribution in [-0.4, -0.2) is 51.9 Å². The molecule has 6 heteroatoms. The van der Waals surface area contributed by atoms with E-state index in [2.05, 4.69) is 5.32 Å². The molecule has 0 radical (unpaired) electrons. The van der Waals surface area contributed by atoms with Crippen molar-refractivity contribution in [3.63, 3.8) is 0 Å². The summed E-state index contributed by atoms with van der Waals surface area (Å²) in [5, 5.41) is 33.2. The van der Waals surface area contributed by atoms with Crippen LogP contribution >= 0.6 is 0 Å². The van der Waals surface area contributed by atoms with Gasteiger partial charge in [-0.15, -0.1) is 0 Å². The highest BCUT2D eigenvalue weighted by Crippen LogP contribution is 2.41. The summed E-state index contributed by atoms with van der Waals surface area (Å²) in [4.78, 5) is 11.2. The predicted octanol–water partition coefficient (Wildman–Crippen LogP) is 0.927. The van der Waals surface area contributed by atoms with Gasteiger partial charge >= 0.3 is 0 Å². The number of aliphatic hydroxyl groups excluding tert-OH is 3. The molecule has 0 aromatic rings. The lowest BCUT2D eigenvalue weighted by atomic mass is 9.71. The topological polar surface area (TPSA) is 99.0 Å². The number of hydrogen-bond acceptors (Lipinski definition) is 5. The lowest BCUT2D eigenvalue weighted by Gasteiger charge is -2.45. The summed E-state index contributed by atoms with van der Waals surface area (Å²) in [6, 6.07) is -0.983. The van der Waals surface area contributed by atoms with Crippen LogP contribution in [0.2, 0.25) is 0 Å². The highest BCUT2D eigenvalue weighted by molar-refractivity contribution is 5.73. The minimum Gasteiger partial charge on any atom is -0.388 e. The van der Waals surface area contributed by atoms with Gasteiger partial charge in [0.2, 0.25) is 5.91 Å². The lowest BCUT2D eigenvalue weighted by Crippen LogP contribution is -2.64. The van der Waals surface area contributed by atoms with Crippen LogP contribution in [0.4, 0.5) is 0 Å². The van der Waals surface area contributed by atoms with Crippen LogP contribution < -0.4 is 5.32 Å². The summed E-state index contributed by atoms with van der Waals surface area (Å²) in [5.41, 5.74) is 0. The van der Waals surface area contributed by atoms with Gasteiger partial charge in [-0.25, -0.2) is 0 Å². The van der Waals surface area contributed by atoms with Gasteiger partial charge in [0, 0.05) is 6.92 Å². The summed E-state index contributed by atoms with van der Waals surface area (Å²) in [6.07, 6.45) is 5.52. The summed E-state index contributed by atoms with van der Waals surface area (Å²) in [5.74, 6) is 1.48. The first-order chi connectivity index (χ1) is 11.5. The molecule has 24 heavy (non-hydrogen) atoms. The Morgan fingerprint density at radius 3 is 2.17 bits per heavy atom. The number of rotatable bonds is 4. The monoisotopic (exact) mass is 341 g/mol. The molecule has 3 rings (SSSR count). The molecule has 3 fully saturated rings. The van der Waals surface area contributed by atoms with Crippen molar-refractivity contribution >= 4 is 5.91 Å². The zero-order chi connectivity index (χ0) is 17.3. The van der Waals surface area contributed by atoms with E-state index in [1.165, 1.54) is 32.6 Å². The second kappa shape index (κ2) is 7.68. The van der Waals surface area contributed by atoms with Crippen molar-refractivity contribution in [1.29, 1.82) is 0 Å². The molecule has 1 heterocycles. The third-order valence-electron chi connectivity index (χ3n) is 6.28. The number of nitrogens with one attached hydrogen (secondary N) is 1. The average Bonchev–Trinajstić information content (AvgIpc) is 2.51. The Morgan fingerprint density at radius 2 is 1.62 bits per heavy atom. The summed E-state index contributed by atoms with van der Waals surface area (Å²) in [6.45, 7) is 1.31. The molecule has 4 N–H and O–H groups in total. The Labute approximate surface area is 143 Å². The molecular weight excluding hydrogens is 310 g/mol. The van der Waals surface area contributed by atoms with Crippen molar-refractivity contribution in [2.24, 2.45) is 17.8 Å². The molecule has 1 aliphatic heterocycles. The fourth-order valence-electron chi connectivity index (χ4n) is 4.64. The largest absolute Gasteiger partial charge is 0.388 e. The molecule has 0 aromatic heterocycles. The number of hydrogen-bond donors (Lipinski definition) is 4. The van der Waals surface area contributed by atoms with Crippen LogP contribution in [-0.2, 0) is 9.53 Å². The minimum absolute atomic E-state index is 0.153. The maximum absolute atomic E-state index is 11.2. The maximum Gasteiger partial charge on any atom is 0.217 e. The second-order valence-electron chi connectivity index (χ2n) is 8.01. The molecule has 1 saturated heterocycles. The third-order valence-corrected chi connectivity index (χ3v) is 6.28. The van der Waals surface area contributed by atoms with Gasteiger partial charge in [-0.1, -0.05) is 32.1 Å². The number of carbonyl (C=O) groups is 1. The van der Waals surface area contributed by atoms with Crippen LogP contribution in [0.15, 0.2) is 0 Å². The van der Waals surface area contributed by atoms with E-state index in [1.54, 1.807) is 0 Å². The molecule has 3 aliphatic rings. The number of aliphatic hydroxyl groups is 3. The smallest absolute Gasteiger partial charge is 0.217 e. The lowest BCUT2D eigenvalue weighted by molar-refractivity contribution is -0.261. The molecule has 2 saturated carbocycles. The summed E-state index contributed by atoms with van der Waals surface area (Å²) >= 11 is 0. The first-order valence-electron chi connectivity index (χ1n) is 9.42. The molecule has 2 aliphatic carbocycles. The zero-order valence-corrected chi connectivity index (χ0v) is 14.4. The highest BCUT2D eigenvalue weighted by Gasteiger charge is 2.47. The quantitative estimate of drug-likeness (QED) is 0.610. The Hall–Kier alpha value is -0.690. The molecule has 6 nitrogen and oxygen atoms in total. The third kappa shape index (κ3) is 3.93. The van der Waals surface area contributed by atoms with Gasteiger partial charge in [-0.05, 0) is 37.0 Å². The molecule has 138 valence electrons. The van der Waals surface area contributed by atoms with Crippen LogP contribution in [0.1, 0.15) is 58.3 Å². The van der Waals surface area contributed by atoms with E-state index in [0.29, 0.717) is 0 Å².